The van der Waals surface area contributed by atoms with E-state index in [4.69, 9.17) is 23.2 Å². The number of carbonyl (C=O) groups is 1. The van der Waals surface area contributed by atoms with Gasteiger partial charge in [0.05, 0.1) is 0 Å². The van der Waals surface area contributed by atoms with E-state index in [-0.39, 0.29) is 5.78 Å². The fraction of sp³-hybridized carbons (Fsp3) is 0.167. The van der Waals surface area contributed by atoms with Crippen LogP contribution in [0.3, 0.4) is 0 Å². The molecular formula is C18H16Cl2O. The van der Waals surface area contributed by atoms with Crippen LogP contribution >= 0.6 is 23.2 Å². The van der Waals surface area contributed by atoms with Crippen molar-refractivity contribution in [3.05, 3.63) is 75.3 Å². The third-order valence-electron chi connectivity index (χ3n) is 3.22. The standard InChI is InChI=1S/C18H16Cl2O/c1-13-5-7-14(8-6-13)9-10-15(21)11-12-16-17(19)3-2-4-18(16)20/h2-10H,11-12H2,1H3. The highest BCUT2D eigenvalue weighted by Gasteiger charge is 2.07. The van der Waals surface area contributed by atoms with Gasteiger partial charge in [-0.1, -0.05) is 65.2 Å². The average molecular weight is 319 g/mol. The monoisotopic (exact) mass is 318 g/mol. The lowest BCUT2D eigenvalue weighted by Gasteiger charge is -2.05. The van der Waals surface area contributed by atoms with Gasteiger partial charge in [-0.25, -0.2) is 0 Å². The van der Waals surface area contributed by atoms with Gasteiger partial charge in [-0.15, -0.1) is 0 Å². The Morgan fingerprint density at radius 1 is 1.05 bits per heavy atom. The zero-order valence-corrected chi connectivity index (χ0v) is 13.3. The number of aryl methyl sites for hydroxylation is 1. The Balaban J connectivity index is 1.95. The van der Waals surface area contributed by atoms with Crippen molar-refractivity contribution < 1.29 is 4.79 Å². The fourth-order valence-corrected chi connectivity index (χ4v) is 2.56. The van der Waals surface area contributed by atoms with Crippen LogP contribution in [0.25, 0.3) is 6.08 Å². The predicted molar refractivity (Wildman–Crippen MR) is 90.0 cm³/mol. The average Bonchev–Trinajstić information content (AvgIpc) is 2.46. The minimum absolute atomic E-state index is 0.0616. The van der Waals surface area contributed by atoms with E-state index in [0.717, 1.165) is 11.1 Å². The Hall–Kier alpha value is -1.57. The van der Waals surface area contributed by atoms with Crippen LogP contribution in [0, 0.1) is 6.92 Å². The van der Waals surface area contributed by atoms with Crippen molar-refractivity contribution in [1.82, 2.24) is 0 Å². The van der Waals surface area contributed by atoms with E-state index in [1.165, 1.54) is 5.56 Å². The van der Waals surface area contributed by atoms with E-state index in [0.29, 0.717) is 22.9 Å². The molecule has 0 aliphatic rings. The van der Waals surface area contributed by atoms with E-state index in [9.17, 15) is 4.79 Å². The van der Waals surface area contributed by atoms with Gasteiger partial charge < -0.3 is 0 Å². The van der Waals surface area contributed by atoms with Crippen molar-refractivity contribution in [3.8, 4) is 0 Å². The molecule has 2 rings (SSSR count). The van der Waals surface area contributed by atoms with Crippen LogP contribution < -0.4 is 0 Å². The SMILES string of the molecule is Cc1ccc(C=CC(=O)CCc2c(Cl)cccc2Cl)cc1. The Labute approximate surface area is 135 Å². The molecule has 0 atom stereocenters. The first-order valence-corrected chi connectivity index (χ1v) is 7.52. The summed E-state index contributed by atoms with van der Waals surface area (Å²) in [6.45, 7) is 2.03. The summed E-state index contributed by atoms with van der Waals surface area (Å²) in [5.74, 6) is 0.0616. The summed E-state index contributed by atoms with van der Waals surface area (Å²) in [5.41, 5.74) is 3.05. The van der Waals surface area contributed by atoms with Crippen LogP contribution in [0.4, 0.5) is 0 Å². The van der Waals surface area contributed by atoms with Gasteiger partial charge in [-0.2, -0.15) is 0 Å². The highest BCUT2D eigenvalue weighted by Crippen LogP contribution is 2.25. The summed E-state index contributed by atoms with van der Waals surface area (Å²) in [6.07, 6.45) is 4.38. The number of hydrogen-bond acceptors (Lipinski definition) is 1. The number of benzene rings is 2. The van der Waals surface area contributed by atoms with Gasteiger partial charge in [0.2, 0.25) is 0 Å². The molecule has 0 aliphatic carbocycles. The first-order chi connectivity index (χ1) is 10.1. The second-order valence-corrected chi connectivity index (χ2v) is 5.72. The van der Waals surface area contributed by atoms with Gasteiger partial charge in [0.25, 0.3) is 0 Å². The van der Waals surface area contributed by atoms with E-state index in [1.807, 2.05) is 37.3 Å². The summed E-state index contributed by atoms with van der Waals surface area (Å²) in [4.78, 5) is 11.9. The molecule has 2 aromatic carbocycles. The molecule has 0 aromatic heterocycles. The molecule has 21 heavy (non-hydrogen) atoms. The van der Waals surface area contributed by atoms with Crippen LogP contribution in [0.15, 0.2) is 48.5 Å². The van der Waals surface area contributed by atoms with E-state index >= 15 is 0 Å². The molecule has 108 valence electrons. The molecule has 1 nitrogen and oxygen atoms in total. The third-order valence-corrected chi connectivity index (χ3v) is 3.93. The Morgan fingerprint density at radius 3 is 2.29 bits per heavy atom. The highest BCUT2D eigenvalue weighted by atomic mass is 35.5. The summed E-state index contributed by atoms with van der Waals surface area (Å²) < 4.78 is 0. The lowest BCUT2D eigenvalue weighted by molar-refractivity contribution is -0.114. The van der Waals surface area contributed by atoms with Crippen LogP contribution in [0.5, 0.6) is 0 Å². The molecule has 0 spiro atoms. The zero-order valence-electron chi connectivity index (χ0n) is 11.8. The van der Waals surface area contributed by atoms with Gasteiger partial charge in [-0.05, 0) is 42.7 Å². The third kappa shape index (κ3) is 4.73. The van der Waals surface area contributed by atoms with E-state index in [2.05, 4.69) is 0 Å². The van der Waals surface area contributed by atoms with E-state index < -0.39 is 0 Å². The molecule has 0 unspecified atom stereocenters. The Bertz CT molecular complexity index is 637. The van der Waals surface area contributed by atoms with Crippen LogP contribution in [-0.2, 0) is 11.2 Å². The second-order valence-electron chi connectivity index (χ2n) is 4.91. The predicted octanol–water partition coefficient (Wildman–Crippen LogP) is 5.52. The summed E-state index contributed by atoms with van der Waals surface area (Å²) in [6, 6.07) is 13.4. The number of ketones is 1. The molecule has 0 saturated carbocycles. The molecule has 0 amide bonds. The molecular weight excluding hydrogens is 303 g/mol. The molecule has 0 radical (unpaired) electrons. The number of carbonyl (C=O) groups excluding carboxylic acids is 1. The molecule has 2 aromatic rings. The minimum Gasteiger partial charge on any atom is -0.295 e. The number of rotatable bonds is 5. The normalized spacial score (nSPS) is 11.0. The smallest absolute Gasteiger partial charge is 0.156 e. The maximum absolute atomic E-state index is 11.9. The zero-order chi connectivity index (χ0) is 15.2. The van der Waals surface area contributed by atoms with E-state index in [1.54, 1.807) is 24.3 Å². The second kappa shape index (κ2) is 7.44. The lowest BCUT2D eigenvalue weighted by Crippen LogP contribution is -1.97. The largest absolute Gasteiger partial charge is 0.295 e. The van der Waals surface area contributed by atoms with Crippen molar-refractivity contribution in [2.24, 2.45) is 0 Å². The fourth-order valence-electron chi connectivity index (χ4n) is 1.97. The number of allylic oxidation sites excluding steroid dienone is 1. The Kier molecular flexibility index (Phi) is 5.60. The molecule has 3 heteroatoms. The van der Waals surface area contributed by atoms with Crippen molar-refractivity contribution >= 4 is 35.1 Å². The van der Waals surface area contributed by atoms with Crippen molar-refractivity contribution in [3.63, 3.8) is 0 Å². The number of halogens is 2. The first kappa shape index (κ1) is 15.8. The van der Waals surface area contributed by atoms with Gasteiger partial charge in [-0.3, -0.25) is 4.79 Å². The maximum Gasteiger partial charge on any atom is 0.156 e. The van der Waals surface area contributed by atoms with Crippen LogP contribution in [0.1, 0.15) is 23.1 Å². The van der Waals surface area contributed by atoms with Crippen molar-refractivity contribution in [2.75, 3.05) is 0 Å². The van der Waals surface area contributed by atoms with Crippen LogP contribution in [0.2, 0.25) is 10.0 Å². The molecule has 0 aliphatic heterocycles. The highest BCUT2D eigenvalue weighted by molar-refractivity contribution is 6.36. The molecule has 0 fully saturated rings. The topological polar surface area (TPSA) is 17.1 Å². The molecule has 0 bridgehead atoms. The van der Waals surface area contributed by atoms with Crippen molar-refractivity contribution in [2.45, 2.75) is 19.8 Å². The van der Waals surface area contributed by atoms with Gasteiger partial charge in [0, 0.05) is 16.5 Å². The molecule has 0 heterocycles. The lowest BCUT2D eigenvalue weighted by atomic mass is 10.1. The summed E-state index contributed by atoms with van der Waals surface area (Å²) >= 11 is 12.2. The maximum atomic E-state index is 11.9. The molecule has 0 N–H and O–H groups in total. The summed E-state index contributed by atoms with van der Waals surface area (Å²) in [7, 11) is 0. The van der Waals surface area contributed by atoms with Crippen LogP contribution in [-0.4, -0.2) is 5.78 Å². The minimum atomic E-state index is 0.0616. The van der Waals surface area contributed by atoms with Crippen molar-refractivity contribution in [1.29, 1.82) is 0 Å². The van der Waals surface area contributed by atoms with Gasteiger partial charge >= 0.3 is 0 Å². The Morgan fingerprint density at radius 2 is 1.67 bits per heavy atom. The summed E-state index contributed by atoms with van der Waals surface area (Å²) in [5, 5.41) is 1.22. The number of hydrogen-bond donors (Lipinski definition) is 0. The quantitative estimate of drug-likeness (QED) is 0.663. The van der Waals surface area contributed by atoms with Gasteiger partial charge in [0.15, 0.2) is 5.78 Å². The molecule has 0 saturated heterocycles. The first-order valence-electron chi connectivity index (χ1n) is 6.77. The van der Waals surface area contributed by atoms with Gasteiger partial charge in [0.1, 0.15) is 0 Å².